The van der Waals surface area contributed by atoms with Gasteiger partial charge in [0, 0.05) is 23.1 Å². The molecule has 0 radical (unpaired) electrons. The van der Waals surface area contributed by atoms with Crippen LogP contribution in [-0.4, -0.2) is 30.3 Å². The molecule has 0 spiro atoms. The van der Waals surface area contributed by atoms with Gasteiger partial charge in [0.05, 0.1) is 16.6 Å². The van der Waals surface area contributed by atoms with Gasteiger partial charge in [-0.05, 0) is 54.4 Å². The molecule has 0 aliphatic carbocycles. The maximum Gasteiger partial charge on any atom is 0.241 e. The third kappa shape index (κ3) is 6.48. The van der Waals surface area contributed by atoms with Crippen molar-refractivity contribution in [2.45, 2.75) is 17.4 Å². The second kappa shape index (κ2) is 10.4. The first-order valence-electron chi connectivity index (χ1n) is 10.7. The number of hydrogen-bond acceptors (Lipinski definition) is 7. The van der Waals surface area contributed by atoms with Crippen LogP contribution in [0.25, 0.3) is 11.3 Å². The Balaban J connectivity index is 1.40. The van der Waals surface area contributed by atoms with Gasteiger partial charge in [-0.2, -0.15) is 0 Å². The van der Waals surface area contributed by atoms with E-state index in [9.17, 15) is 13.2 Å². The van der Waals surface area contributed by atoms with E-state index < -0.39 is 16.1 Å². The van der Waals surface area contributed by atoms with Gasteiger partial charge in [0.15, 0.2) is 0 Å². The molecule has 35 heavy (non-hydrogen) atoms. The molecule has 0 saturated heterocycles. The summed E-state index contributed by atoms with van der Waals surface area (Å²) >= 11 is 0. The molecule has 178 valence electrons. The minimum absolute atomic E-state index is 0.0194. The van der Waals surface area contributed by atoms with Crippen molar-refractivity contribution < 1.29 is 13.2 Å². The largest absolute Gasteiger partial charge is 0.325 e. The number of primary sulfonamides is 1. The molecule has 0 bridgehead atoms. The van der Waals surface area contributed by atoms with Crippen molar-refractivity contribution in [3.63, 3.8) is 0 Å². The molecule has 0 unspecified atom stereocenters. The fourth-order valence-electron chi connectivity index (χ4n) is 3.36. The van der Waals surface area contributed by atoms with E-state index in [0.717, 1.165) is 11.1 Å². The van der Waals surface area contributed by atoms with Gasteiger partial charge in [0.25, 0.3) is 0 Å². The highest BCUT2D eigenvalue weighted by Gasteiger charge is 2.14. The summed E-state index contributed by atoms with van der Waals surface area (Å²) in [4.78, 5) is 21.2. The number of amides is 1. The Morgan fingerprint density at radius 1 is 0.886 bits per heavy atom. The number of carbonyl (C=O) groups excluding carboxylic acids is 1. The number of hydrogen-bond donors (Lipinski definition) is 4. The summed E-state index contributed by atoms with van der Waals surface area (Å²) in [6, 6.07) is 23.9. The summed E-state index contributed by atoms with van der Waals surface area (Å²) in [5.74, 6) is 0.0821. The van der Waals surface area contributed by atoms with Crippen molar-refractivity contribution in [2.75, 3.05) is 10.6 Å². The SMILES string of the molecule is N[C@H](Cc1ccccc1)C(=O)Nc1ccc(-c2ccnc(Nc3ccc(S(N)(=O)=O)cc3)n2)cc1. The van der Waals surface area contributed by atoms with E-state index in [1.54, 1.807) is 36.5 Å². The first-order chi connectivity index (χ1) is 16.8. The van der Waals surface area contributed by atoms with Crippen molar-refractivity contribution in [2.24, 2.45) is 10.9 Å². The van der Waals surface area contributed by atoms with Gasteiger partial charge in [0.1, 0.15) is 0 Å². The predicted molar refractivity (Wildman–Crippen MR) is 135 cm³/mol. The van der Waals surface area contributed by atoms with E-state index in [4.69, 9.17) is 10.9 Å². The number of nitrogens with zero attached hydrogens (tertiary/aromatic N) is 2. The van der Waals surface area contributed by atoms with Crippen molar-refractivity contribution in [3.8, 4) is 11.3 Å². The highest BCUT2D eigenvalue weighted by atomic mass is 32.2. The van der Waals surface area contributed by atoms with Crippen LogP contribution in [0.4, 0.5) is 17.3 Å². The number of carbonyl (C=O) groups is 1. The van der Waals surface area contributed by atoms with E-state index in [-0.39, 0.29) is 10.8 Å². The Bertz CT molecular complexity index is 1410. The molecule has 0 aliphatic heterocycles. The minimum Gasteiger partial charge on any atom is -0.325 e. The molecule has 1 aromatic heterocycles. The fourth-order valence-corrected chi connectivity index (χ4v) is 3.87. The number of nitrogens with two attached hydrogens (primary N) is 2. The van der Waals surface area contributed by atoms with E-state index in [0.29, 0.717) is 29.4 Å². The van der Waals surface area contributed by atoms with Crippen LogP contribution in [0.5, 0.6) is 0 Å². The molecule has 0 saturated carbocycles. The highest BCUT2D eigenvalue weighted by Crippen LogP contribution is 2.22. The van der Waals surface area contributed by atoms with Crippen LogP contribution in [-0.2, 0) is 21.2 Å². The third-order valence-corrected chi connectivity index (χ3v) is 6.11. The van der Waals surface area contributed by atoms with Crippen LogP contribution < -0.4 is 21.5 Å². The van der Waals surface area contributed by atoms with Crippen LogP contribution >= 0.6 is 0 Å². The number of benzene rings is 3. The lowest BCUT2D eigenvalue weighted by Gasteiger charge is -2.13. The second-order valence-electron chi connectivity index (χ2n) is 7.82. The van der Waals surface area contributed by atoms with Crippen molar-refractivity contribution in [1.29, 1.82) is 0 Å². The molecule has 1 heterocycles. The molecule has 0 fully saturated rings. The zero-order valence-corrected chi connectivity index (χ0v) is 19.4. The number of sulfonamides is 1. The van der Waals surface area contributed by atoms with Crippen LogP contribution in [0.15, 0.2) is 96.0 Å². The molecule has 1 amide bonds. The Labute approximate surface area is 203 Å². The minimum atomic E-state index is -3.76. The predicted octanol–water partition coefficient (Wildman–Crippen LogP) is 3.04. The maximum absolute atomic E-state index is 12.5. The maximum atomic E-state index is 12.5. The van der Waals surface area contributed by atoms with Crippen molar-refractivity contribution in [1.82, 2.24) is 9.97 Å². The molecule has 3 aromatic carbocycles. The monoisotopic (exact) mass is 488 g/mol. The van der Waals surface area contributed by atoms with E-state index in [2.05, 4.69) is 20.6 Å². The lowest BCUT2D eigenvalue weighted by atomic mass is 10.1. The summed E-state index contributed by atoms with van der Waals surface area (Å²) in [6.45, 7) is 0. The smallest absolute Gasteiger partial charge is 0.241 e. The van der Waals surface area contributed by atoms with Crippen molar-refractivity contribution >= 4 is 33.3 Å². The number of rotatable bonds is 8. The summed E-state index contributed by atoms with van der Waals surface area (Å²) in [6.07, 6.45) is 2.06. The number of nitrogens with one attached hydrogen (secondary N) is 2. The first kappa shape index (κ1) is 24.0. The lowest BCUT2D eigenvalue weighted by molar-refractivity contribution is -0.117. The molecule has 9 nitrogen and oxygen atoms in total. The Hall–Kier alpha value is -4.12. The molecular weight excluding hydrogens is 464 g/mol. The van der Waals surface area contributed by atoms with Gasteiger partial charge in [-0.3, -0.25) is 4.79 Å². The summed E-state index contributed by atoms with van der Waals surface area (Å²) < 4.78 is 22.8. The standard InChI is InChI=1S/C25H24N6O3S/c26-22(16-17-4-2-1-3-5-17)24(32)29-19-8-6-18(7-9-19)23-14-15-28-25(31-23)30-20-10-12-21(13-11-20)35(27,33)34/h1-15,22H,16,26H2,(H,29,32)(H2,27,33,34)(H,28,30,31)/t22-/m1/s1. The van der Waals surface area contributed by atoms with Gasteiger partial charge < -0.3 is 16.4 Å². The Kier molecular flexibility index (Phi) is 7.16. The van der Waals surface area contributed by atoms with Crippen LogP contribution in [0.3, 0.4) is 0 Å². The molecule has 0 aliphatic rings. The number of anilines is 3. The van der Waals surface area contributed by atoms with E-state index in [1.807, 2.05) is 42.5 Å². The fraction of sp³-hybridized carbons (Fsp3) is 0.0800. The van der Waals surface area contributed by atoms with Gasteiger partial charge in [-0.1, -0.05) is 42.5 Å². The molecule has 6 N–H and O–H groups in total. The Morgan fingerprint density at radius 2 is 1.54 bits per heavy atom. The van der Waals surface area contributed by atoms with Gasteiger partial charge in [-0.15, -0.1) is 0 Å². The number of aromatic nitrogens is 2. The average Bonchev–Trinajstić information content (AvgIpc) is 2.85. The zero-order valence-electron chi connectivity index (χ0n) is 18.6. The van der Waals surface area contributed by atoms with Gasteiger partial charge in [-0.25, -0.2) is 23.5 Å². The second-order valence-corrected chi connectivity index (χ2v) is 9.38. The molecule has 4 aromatic rings. The Morgan fingerprint density at radius 3 is 2.20 bits per heavy atom. The topological polar surface area (TPSA) is 153 Å². The highest BCUT2D eigenvalue weighted by molar-refractivity contribution is 7.89. The quantitative estimate of drug-likeness (QED) is 0.297. The molecule has 10 heteroatoms. The lowest BCUT2D eigenvalue weighted by Crippen LogP contribution is -2.37. The normalized spacial score (nSPS) is 12.1. The van der Waals surface area contributed by atoms with Crippen LogP contribution in [0.1, 0.15) is 5.56 Å². The molecule has 4 rings (SSSR count). The van der Waals surface area contributed by atoms with Gasteiger partial charge in [0.2, 0.25) is 21.9 Å². The third-order valence-electron chi connectivity index (χ3n) is 5.18. The van der Waals surface area contributed by atoms with E-state index >= 15 is 0 Å². The van der Waals surface area contributed by atoms with Crippen LogP contribution in [0, 0.1) is 0 Å². The van der Waals surface area contributed by atoms with Gasteiger partial charge >= 0.3 is 0 Å². The summed E-state index contributed by atoms with van der Waals surface area (Å²) in [7, 11) is -3.76. The molecule has 1 atom stereocenters. The van der Waals surface area contributed by atoms with E-state index in [1.165, 1.54) is 12.1 Å². The summed E-state index contributed by atoms with van der Waals surface area (Å²) in [5.41, 5.74) is 9.79. The van der Waals surface area contributed by atoms with Crippen molar-refractivity contribution in [3.05, 3.63) is 96.7 Å². The average molecular weight is 489 g/mol. The summed E-state index contributed by atoms with van der Waals surface area (Å²) in [5, 5.41) is 11.0. The molecular formula is C25H24N6O3S. The van der Waals surface area contributed by atoms with Crippen LogP contribution in [0.2, 0.25) is 0 Å². The first-order valence-corrected chi connectivity index (χ1v) is 12.3. The zero-order chi connectivity index (χ0) is 24.8.